The number of benzene rings is 1. The average molecular weight is 500 g/mol. The minimum Gasteiger partial charge on any atom is -0.432 e. The molecule has 8 heteroatoms. The van der Waals surface area contributed by atoms with Crippen LogP contribution >= 0.6 is 11.6 Å². The standard InChI is InChI=1S/C26H38ClN5OSi/c1-26(2,34(4,5)33)11-8-21-19-22(9-12-28-21)29-14-16-32(3)17-15-31-24-10-13-30-25-18-20(27)6-7-23(24)25/h6-7,9-10,12-13,18-19,33H,8,11,14-17H2,1-5H3,(H,28,29)(H,30,31). The number of nitrogens with zero attached hydrogens (tertiary/aromatic N) is 3. The number of hydrogen-bond donors (Lipinski definition) is 3. The summed E-state index contributed by atoms with van der Waals surface area (Å²) in [6.45, 7) is 11.9. The van der Waals surface area contributed by atoms with Crippen molar-refractivity contribution in [3.8, 4) is 0 Å². The molecule has 3 rings (SSSR count). The van der Waals surface area contributed by atoms with Gasteiger partial charge in [-0.1, -0.05) is 25.4 Å². The second kappa shape index (κ2) is 11.5. The third-order valence-corrected chi connectivity index (χ3v) is 10.6. The number of fused-ring (bicyclic) bond motifs is 1. The molecule has 0 aliphatic rings. The van der Waals surface area contributed by atoms with Crippen LogP contribution in [0.2, 0.25) is 23.2 Å². The third kappa shape index (κ3) is 7.40. The van der Waals surface area contributed by atoms with Crippen LogP contribution in [-0.2, 0) is 6.42 Å². The minimum atomic E-state index is -2.20. The van der Waals surface area contributed by atoms with Crippen LogP contribution in [0, 0.1) is 0 Å². The number of hydrogen-bond acceptors (Lipinski definition) is 6. The summed E-state index contributed by atoms with van der Waals surface area (Å²) in [4.78, 5) is 21.7. The minimum absolute atomic E-state index is 0.0372. The number of likely N-dealkylation sites (N-methyl/N-ethyl adjacent to an activating group) is 1. The molecule has 34 heavy (non-hydrogen) atoms. The van der Waals surface area contributed by atoms with Crippen molar-refractivity contribution in [1.29, 1.82) is 0 Å². The molecule has 0 aliphatic carbocycles. The maximum atomic E-state index is 10.5. The maximum Gasteiger partial charge on any atom is 0.188 e. The van der Waals surface area contributed by atoms with Gasteiger partial charge in [0, 0.05) is 66.1 Å². The van der Waals surface area contributed by atoms with Crippen molar-refractivity contribution in [2.75, 3.05) is 43.9 Å². The number of pyridine rings is 2. The number of nitrogens with one attached hydrogen (secondary N) is 2. The molecule has 0 amide bonds. The largest absolute Gasteiger partial charge is 0.432 e. The lowest BCUT2D eigenvalue weighted by molar-refractivity contribution is 0.361. The molecule has 0 bridgehead atoms. The quantitative estimate of drug-likeness (QED) is 0.280. The summed E-state index contributed by atoms with van der Waals surface area (Å²) >= 11 is 6.08. The van der Waals surface area contributed by atoms with Gasteiger partial charge in [-0.3, -0.25) is 9.97 Å². The number of halogens is 1. The Balaban J connectivity index is 1.41. The van der Waals surface area contributed by atoms with Crippen molar-refractivity contribution in [1.82, 2.24) is 14.9 Å². The van der Waals surface area contributed by atoms with E-state index in [1.165, 1.54) is 0 Å². The van der Waals surface area contributed by atoms with E-state index in [2.05, 4.69) is 52.5 Å². The van der Waals surface area contributed by atoms with E-state index in [9.17, 15) is 4.80 Å². The molecule has 0 atom stereocenters. The summed E-state index contributed by atoms with van der Waals surface area (Å²) in [6.07, 6.45) is 5.49. The van der Waals surface area contributed by atoms with Crippen LogP contribution in [0.15, 0.2) is 48.8 Å². The predicted molar refractivity (Wildman–Crippen MR) is 148 cm³/mol. The Hall–Kier alpha value is -2.19. The van der Waals surface area contributed by atoms with Crippen molar-refractivity contribution in [3.05, 3.63) is 59.5 Å². The first kappa shape index (κ1) is 26.4. The summed E-state index contributed by atoms with van der Waals surface area (Å²) in [5, 5.41) is 8.78. The molecule has 0 unspecified atom stereocenters. The second-order valence-electron chi connectivity index (χ2n) is 10.2. The molecule has 6 nitrogen and oxygen atoms in total. The van der Waals surface area contributed by atoms with Crippen molar-refractivity contribution in [3.63, 3.8) is 0 Å². The van der Waals surface area contributed by atoms with Gasteiger partial charge >= 0.3 is 0 Å². The van der Waals surface area contributed by atoms with Crippen molar-refractivity contribution < 1.29 is 4.80 Å². The molecular formula is C26H38ClN5OSi. The van der Waals surface area contributed by atoms with Crippen LogP contribution in [0.4, 0.5) is 11.4 Å². The van der Waals surface area contributed by atoms with Gasteiger partial charge in [0.25, 0.3) is 0 Å². The highest BCUT2D eigenvalue weighted by Crippen LogP contribution is 2.39. The first-order chi connectivity index (χ1) is 16.0. The fourth-order valence-electron chi connectivity index (χ4n) is 3.63. The predicted octanol–water partition coefficient (Wildman–Crippen LogP) is 5.65. The summed E-state index contributed by atoms with van der Waals surface area (Å²) < 4.78 is 0. The lowest BCUT2D eigenvalue weighted by atomic mass is 10.0. The SMILES string of the molecule is CN(CCNc1ccnc(CCC(C)(C)[Si](C)(C)O)c1)CCNc1ccnc2cc(Cl)ccc12. The molecule has 0 aliphatic heterocycles. The van der Waals surface area contributed by atoms with E-state index in [4.69, 9.17) is 11.6 Å². The van der Waals surface area contributed by atoms with Gasteiger partial charge in [-0.2, -0.15) is 0 Å². The zero-order valence-electron chi connectivity index (χ0n) is 21.0. The van der Waals surface area contributed by atoms with Gasteiger partial charge in [0.05, 0.1) is 5.52 Å². The number of rotatable bonds is 12. The molecule has 2 aromatic heterocycles. The Labute approximate surface area is 209 Å². The monoisotopic (exact) mass is 499 g/mol. The van der Waals surface area contributed by atoms with Crippen LogP contribution in [0.1, 0.15) is 26.0 Å². The molecule has 2 heterocycles. The van der Waals surface area contributed by atoms with Crippen LogP contribution in [0.5, 0.6) is 0 Å². The van der Waals surface area contributed by atoms with E-state index in [1.807, 2.05) is 55.8 Å². The van der Waals surface area contributed by atoms with E-state index in [0.717, 1.165) is 67.0 Å². The van der Waals surface area contributed by atoms with Gasteiger partial charge in [-0.15, -0.1) is 0 Å². The van der Waals surface area contributed by atoms with Crippen molar-refractivity contribution >= 4 is 42.2 Å². The van der Waals surface area contributed by atoms with Gasteiger partial charge < -0.3 is 20.3 Å². The van der Waals surface area contributed by atoms with E-state index in [0.29, 0.717) is 5.02 Å². The van der Waals surface area contributed by atoms with Gasteiger partial charge in [0.15, 0.2) is 8.32 Å². The van der Waals surface area contributed by atoms with Gasteiger partial charge in [0.1, 0.15) is 0 Å². The molecular weight excluding hydrogens is 462 g/mol. The Bertz CT molecular complexity index is 1090. The van der Waals surface area contributed by atoms with Crippen LogP contribution < -0.4 is 10.6 Å². The zero-order valence-corrected chi connectivity index (χ0v) is 22.8. The second-order valence-corrected chi connectivity index (χ2v) is 15.1. The highest BCUT2D eigenvalue weighted by Gasteiger charge is 2.37. The average Bonchev–Trinajstić information content (AvgIpc) is 2.77. The topological polar surface area (TPSA) is 73.3 Å². The molecule has 0 spiro atoms. The summed E-state index contributed by atoms with van der Waals surface area (Å²) in [5.41, 5.74) is 4.14. The number of anilines is 2. The lowest BCUT2D eigenvalue weighted by Crippen LogP contribution is -2.39. The number of aryl methyl sites for hydroxylation is 1. The number of aromatic nitrogens is 2. The van der Waals surface area contributed by atoms with E-state index in [-0.39, 0.29) is 5.04 Å². The Morgan fingerprint density at radius 3 is 2.44 bits per heavy atom. The Morgan fingerprint density at radius 2 is 1.71 bits per heavy atom. The molecule has 1 aromatic carbocycles. The molecule has 3 aromatic rings. The fourth-order valence-corrected chi connectivity index (χ4v) is 4.53. The summed E-state index contributed by atoms with van der Waals surface area (Å²) in [7, 11) is -0.0640. The van der Waals surface area contributed by atoms with Gasteiger partial charge in [-0.05, 0) is 74.4 Å². The first-order valence-corrected chi connectivity index (χ1v) is 15.3. The normalized spacial score (nSPS) is 12.4. The highest BCUT2D eigenvalue weighted by molar-refractivity contribution is 6.72. The van der Waals surface area contributed by atoms with Gasteiger partial charge in [0.2, 0.25) is 0 Å². The van der Waals surface area contributed by atoms with Crippen LogP contribution in [0.25, 0.3) is 10.9 Å². The first-order valence-electron chi connectivity index (χ1n) is 11.9. The zero-order chi connectivity index (χ0) is 24.8. The highest BCUT2D eigenvalue weighted by atomic mass is 35.5. The maximum absolute atomic E-state index is 10.5. The Morgan fingerprint density at radius 1 is 1.00 bits per heavy atom. The van der Waals surface area contributed by atoms with E-state index < -0.39 is 8.32 Å². The van der Waals surface area contributed by atoms with Gasteiger partial charge in [-0.25, -0.2) is 0 Å². The van der Waals surface area contributed by atoms with Crippen molar-refractivity contribution in [2.45, 2.75) is 44.8 Å². The lowest BCUT2D eigenvalue weighted by Gasteiger charge is -2.35. The van der Waals surface area contributed by atoms with E-state index in [1.54, 1.807) is 0 Å². The van der Waals surface area contributed by atoms with Crippen molar-refractivity contribution in [2.24, 2.45) is 0 Å². The molecule has 0 radical (unpaired) electrons. The summed E-state index contributed by atoms with van der Waals surface area (Å²) in [6, 6.07) is 11.9. The van der Waals surface area contributed by atoms with Crippen LogP contribution in [-0.4, -0.2) is 61.2 Å². The van der Waals surface area contributed by atoms with Crippen LogP contribution in [0.3, 0.4) is 0 Å². The molecule has 184 valence electrons. The molecule has 0 saturated carbocycles. The smallest absolute Gasteiger partial charge is 0.188 e. The Kier molecular flexibility index (Phi) is 8.93. The summed E-state index contributed by atoms with van der Waals surface area (Å²) in [5.74, 6) is 0. The fraction of sp³-hybridized carbons (Fsp3) is 0.462. The third-order valence-electron chi connectivity index (χ3n) is 6.82. The van der Waals surface area contributed by atoms with E-state index >= 15 is 0 Å². The molecule has 3 N–H and O–H groups in total. The molecule has 0 fully saturated rings. The molecule has 0 saturated heterocycles.